The summed E-state index contributed by atoms with van der Waals surface area (Å²) >= 11 is 0. The Morgan fingerprint density at radius 1 is 1.03 bits per heavy atom. The zero-order valence-corrected chi connectivity index (χ0v) is 18.1. The molecule has 0 spiro atoms. The smallest absolute Gasteiger partial charge is 0.243 e. The predicted octanol–water partition coefficient (Wildman–Crippen LogP) is 2.27. The largest absolute Gasteiger partial charge is 0.493 e. The van der Waals surface area contributed by atoms with Gasteiger partial charge < -0.3 is 24.3 Å². The highest BCUT2D eigenvalue weighted by Gasteiger charge is 2.40. The summed E-state index contributed by atoms with van der Waals surface area (Å²) in [5, 5.41) is 2.79. The zero-order chi connectivity index (χ0) is 22.0. The first-order valence-corrected chi connectivity index (χ1v) is 11.3. The zero-order valence-electron chi connectivity index (χ0n) is 17.3. The van der Waals surface area contributed by atoms with Gasteiger partial charge in [-0.15, -0.1) is 0 Å². The molecule has 1 unspecified atom stereocenters. The summed E-state index contributed by atoms with van der Waals surface area (Å²) in [6.45, 7) is 1.04. The maximum absolute atomic E-state index is 13.3. The van der Waals surface area contributed by atoms with Gasteiger partial charge in [0.25, 0.3) is 0 Å². The lowest BCUT2D eigenvalue weighted by Crippen LogP contribution is -2.43. The van der Waals surface area contributed by atoms with Gasteiger partial charge in [0, 0.05) is 24.4 Å². The van der Waals surface area contributed by atoms with E-state index in [-0.39, 0.29) is 11.4 Å². The van der Waals surface area contributed by atoms with Crippen molar-refractivity contribution in [2.75, 3.05) is 39.3 Å². The van der Waals surface area contributed by atoms with E-state index < -0.39 is 22.0 Å². The number of rotatable bonds is 6. The van der Waals surface area contributed by atoms with Crippen molar-refractivity contribution in [1.82, 2.24) is 4.31 Å². The van der Waals surface area contributed by atoms with Crippen LogP contribution in [0.5, 0.6) is 23.0 Å². The molecule has 31 heavy (non-hydrogen) atoms. The lowest BCUT2D eigenvalue weighted by atomic mass is 10.2. The standard InChI is InChI=1S/C21H24N2O7S/c1-27-17-7-5-14(12-19(17)28-2)22-21(24)16-4-3-9-23(16)31(25,26)15-6-8-18-20(13-15)30-11-10-29-18/h5-8,12-13,16H,3-4,9-11H2,1-2H3,(H,22,24). The van der Waals surface area contributed by atoms with Gasteiger partial charge in [0.15, 0.2) is 23.0 Å². The minimum absolute atomic E-state index is 0.0718. The average Bonchev–Trinajstić information content (AvgIpc) is 3.30. The molecule has 1 amide bonds. The number of hydrogen-bond acceptors (Lipinski definition) is 7. The summed E-state index contributed by atoms with van der Waals surface area (Å²) in [5.74, 6) is 1.50. The Balaban J connectivity index is 1.55. The number of anilines is 1. The van der Waals surface area contributed by atoms with Crippen molar-refractivity contribution in [3.63, 3.8) is 0 Å². The van der Waals surface area contributed by atoms with Crippen LogP contribution >= 0.6 is 0 Å². The van der Waals surface area contributed by atoms with Gasteiger partial charge in [-0.25, -0.2) is 8.42 Å². The van der Waals surface area contributed by atoms with Gasteiger partial charge in [0.2, 0.25) is 15.9 Å². The molecule has 0 aromatic heterocycles. The van der Waals surface area contributed by atoms with Crippen molar-refractivity contribution < 1.29 is 32.2 Å². The van der Waals surface area contributed by atoms with Crippen molar-refractivity contribution in [2.24, 2.45) is 0 Å². The van der Waals surface area contributed by atoms with Crippen molar-refractivity contribution in [3.05, 3.63) is 36.4 Å². The third kappa shape index (κ3) is 4.13. The van der Waals surface area contributed by atoms with Crippen LogP contribution in [0.4, 0.5) is 5.69 Å². The predicted molar refractivity (Wildman–Crippen MR) is 113 cm³/mol. The first kappa shape index (κ1) is 21.3. The Morgan fingerprint density at radius 3 is 2.52 bits per heavy atom. The molecule has 2 aliphatic heterocycles. The number of hydrogen-bond donors (Lipinski definition) is 1. The number of benzene rings is 2. The third-order valence-corrected chi connectivity index (χ3v) is 7.18. The van der Waals surface area contributed by atoms with Crippen LogP contribution in [0.15, 0.2) is 41.3 Å². The number of carbonyl (C=O) groups excluding carboxylic acids is 1. The fraction of sp³-hybridized carbons (Fsp3) is 0.381. The molecule has 10 heteroatoms. The van der Waals surface area contributed by atoms with Gasteiger partial charge in [0.1, 0.15) is 19.3 Å². The second-order valence-corrected chi connectivity index (χ2v) is 9.03. The van der Waals surface area contributed by atoms with E-state index in [9.17, 15) is 13.2 Å². The maximum Gasteiger partial charge on any atom is 0.243 e. The number of ether oxygens (including phenoxy) is 4. The van der Waals surface area contributed by atoms with Gasteiger partial charge in [0.05, 0.1) is 19.1 Å². The van der Waals surface area contributed by atoms with E-state index in [1.807, 2.05) is 0 Å². The monoisotopic (exact) mass is 448 g/mol. The van der Waals surface area contributed by atoms with E-state index in [0.29, 0.717) is 54.7 Å². The number of carbonyl (C=O) groups is 1. The Morgan fingerprint density at radius 2 is 1.77 bits per heavy atom. The van der Waals surface area contributed by atoms with Gasteiger partial charge in [-0.2, -0.15) is 4.31 Å². The third-order valence-electron chi connectivity index (χ3n) is 5.28. The molecule has 0 radical (unpaired) electrons. The van der Waals surface area contributed by atoms with E-state index in [0.717, 1.165) is 0 Å². The molecule has 2 aromatic carbocycles. The topological polar surface area (TPSA) is 103 Å². The molecule has 0 saturated carbocycles. The first-order valence-electron chi connectivity index (χ1n) is 9.88. The van der Waals surface area contributed by atoms with Gasteiger partial charge in [-0.05, 0) is 37.1 Å². The molecule has 2 heterocycles. The summed E-state index contributed by atoms with van der Waals surface area (Å²) in [7, 11) is -0.865. The van der Waals surface area contributed by atoms with Crippen LogP contribution in [-0.2, 0) is 14.8 Å². The van der Waals surface area contributed by atoms with Crippen LogP contribution in [0.2, 0.25) is 0 Å². The molecule has 2 aromatic rings. The van der Waals surface area contributed by atoms with Gasteiger partial charge >= 0.3 is 0 Å². The minimum Gasteiger partial charge on any atom is -0.493 e. The number of amides is 1. The number of sulfonamides is 1. The molecule has 2 aliphatic rings. The van der Waals surface area contributed by atoms with Gasteiger partial charge in [-0.3, -0.25) is 4.79 Å². The lowest BCUT2D eigenvalue weighted by molar-refractivity contribution is -0.119. The summed E-state index contributed by atoms with van der Waals surface area (Å²) in [6.07, 6.45) is 1.02. The van der Waals surface area contributed by atoms with E-state index in [1.54, 1.807) is 24.3 Å². The molecule has 4 rings (SSSR count). The number of nitrogens with zero attached hydrogens (tertiary/aromatic N) is 1. The molecular formula is C21H24N2O7S. The molecule has 166 valence electrons. The summed E-state index contributed by atoms with van der Waals surface area (Å²) in [6, 6.07) is 8.67. The summed E-state index contributed by atoms with van der Waals surface area (Å²) < 4.78 is 49.2. The van der Waals surface area contributed by atoms with Crippen molar-refractivity contribution in [1.29, 1.82) is 0 Å². The second kappa shape index (κ2) is 8.64. The number of methoxy groups -OCH3 is 2. The first-order chi connectivity index (χ1) is 14.9. The molecule has 1 atom stereocenters. The molecule has 1 fully saturated rings. The Bertz CT molecular complexity index is 1090. The maximum atomic E-state index is 13.3. The van der Waals surface area contributed by atoms with Crippen molar-refractivity contribution >= 4 is 21.6 Å². The van der Waals surface area contributed by atoms with Crippen molar-refractivity contribution in [2.45, 2.75) is 23.8 Å². The van der Waals surface area contributed by atoms with E-state index in [2.05, 4.69) is 5.32 Å². The number of fused-ring (bicyclic) bond motifs is 1. The van der Waals surface area contributed by atoms with Crippen molar-refractivity contribution in [3.8, 4) is 23.0 Å². The van der Waals surface area contributed by atoms with Crippen LogP contribution in [0, 0.1) is 0 Å². The van der Waals surface area contributed by atoms with E-state index in [4.69, 9.17) is 18.9 Å². The fourth-order valence-corrected chi connectivity index (χ4v) is 5.42. The molecule has 9 nitrogen and oxygen atoms in total. The van der Waals surface area contributed by atoms with Gasteiger partial charge in [-0.1, -0.05) is 0 Å². The van der Waals surface area contributed by atoms with E-state index >= 15 is 0 Å². The number of nitrogens with one attached hydrogen (secondary N) is 1. The highest BCUT2D eigenvalue weighted by molar-refractivity contribution is 7.89. The Labute approximate surface area is 180 Å². The van der Waals surface area contributed by atoms with Crippen LogP contribution in [0.1, 0.15) is 12.8 Å². The van der Waals surface area contributed by atoms with Crippen LogP contribution in [-0.4, -0.2) is 58.7 Å². The highest BCUT2D eigenvalue weighted by Crippen LogP contribution is 2.35. The highest BCUT2D eigenvalue weighted by atomic mass is 32.2. The average molecular weight is 448 g/mol. The molecule has 1 N–H and O–H groups in total. The van der Waals surface area contributed by atoms with Crippen LogP contribution in [0.3, 0.4) is 0 Å². The Hall–Kier alpha value is -2.98. The lowest BCUT2D eigenvalue weighted by Gasteiger charge is -2.25. The second-order valence-electron chi connectivity index (χ2n) is 7.14. The SMILES string of the molecule is COc1ccc(NC(=O)C2CCCN2S(=O)(=O)c2ccc3c(c2)OCCO3)cc1OC. The van der Waals surface area contributed by atoms with E-state index in [1.165, 1.54) is 30.7 Å². The summed E-state index contributed by atoms with van der Waals surface area (Å²) in [5.41, 5.74) is 0.492. The fourth-order valence-electron chi connectivity index (χ4n) is 3.75. The van der Waals surface area contributed by atoms with Crippen LogP contribution < -0.4 is 24.3 Å². The molecule has 1 saturated heterocycles. The molecular weight excluding hydrogens is 424 g/mol. The quantitative estimate of drug-likeness (QED) is 0.723. The molecule has 0 bridgehead atoms. The normalized spacial score (nSPS) is 18.5. The molecule has 0 aliphatic carbocycles. The Kier molecular flexibility index (Phi) is 5.92. The summed E-state index contributed by atoms with van der Waals surface area (Å²) in [4.78, 5) is 13.0. The minimum atomic E-state index is -3.89. The van der Waals surface area contributed by atoms with Crippen LogP contribution in [0.25, 0.3) is 0 Å².